The summed E-state index contributed by atoms with van der Waals surface area (Å²) in [7, 11) is 1.71. The molecule has 9 heteroatoms. The number of hydrogen-bond acceptors (Lipinski definition) is 5. The second kappa shape index (κ2) is 5.68. The molecule has 21 heavy (non-hydrogen) atoms. The highest BCUT2D eigenvalue weighted by atomic mass is 19.4. The third-order valence-corrected chi connectivity index (χ3v) is 2.96. The molecule has 0 amide bonds. The first-order valence-corrected chi connectivity index (χ1v) is 6.22. The van der Waals surface area contributed by atoms with Crippen LogP contribution in [0.3, 0.4) is 0 Å². The van der Waals surface area contributed by atoms with Crippen molar-refractivity contribution < 1.29 is 13.2 Å². The number of rotatable bonds is 4. The molecule has 114 valence electrons. The molecule has 0 radical (unpaired) electrons. The number of aryl methyl sites for hydroxylation is 1. The van der Waals surface area contributed by atoms with Crippen LogP contribution in [0.15, 0.2) is 12.3 Å². The van der Waals surface area contributed by atoms with Crippen LogP contribution in [-0.4, -0.2) is 32.8 Å². The van der Waals surface area contributed by atoms with Crippen molar-refractivity contribution >= 4 is 5.95 Å². The monoisotopic (exact) mass is 300 g/mol. The molecular formula is C12H15F3N6. The number of anilines is 1. The Morgan fingerprint density at radius 2 is 2.05 bits per heavy atom. The van der Waals surface area contributed by atoms with Gasteiger partial charge in [-0.1, -0.05) is 0 Å². The SMILES string of the molecule is Cc1c(-c2cc(C(F)(F)F)nc(NCCN)n2)cnn1C. The minimum Gasteiger partial charge on any atom is -0.353 e. The lowest BCUT2D eigenvalue weighted by molar-refractivity contribution is -0.141. The fraction of sp³-hybridized carbons (Fsp3) is 0.417. The summed E-state index contributed by atoms with van der Waals surface area (Å²) in [5, 5.41) is 6.68. The average molecular weight is 300 g/mol. The Bertz CT molecular complexity index is 634. The molecule has 2 heterocycles. The molecule has 3 N–H and O–H groups in total. The average Bonchev–Trinajstić information content (AvgIpc) is 2.75. The highest BCUT2D eigenvalue weighted by Gasteiger charge is 2.34. The lowest BCUT2D eigenvalue weighted by Gasteiger charge is -2.11. The Balaban J connectivity index is 2.52. The Morgan fingerprint density at radius 1 is 1.33 bits per heavy atom. The van der Waals surface area contributed by atoms with Crippen molar-refractivity contribution in [3.05, 3.63) is 23.7 Å². The van der Waals surface area contributed by atoms with Gasteiger partial charge in [-0.05, 0) is 13.0 Å². The van der Waals surface area contributed by atoms with E-state index in [-0.39, 0.29) is 24.7 Å². The molecule has 0 saturated carbocycles. The van der Waals surface area contributed by atoms with E-state index in [9.17, 15) is 13.2 Å². The van der Waals surface area contributed by atoms with Crippen LogP contribution >= 0.6 is 0 Å². The maximum Gasteiger partial charge on any atom is 0.433 e. The first-order chi connectivity index (χ1) is 9.82. The third-order valence-electron chi connectivity index (χ3n) is 2.96. The molecule has 2 rings (SSSR count). The molecule has 0 aliphatic rings. The Morgan fingerprint density at radius 3 is 2.57 bits per heavy atom. The zero-order valence-corrected chi connectivity index (χ0v) is 11.6. The van der Waals surface area contributed by atoms with E-state index in [2.05, 4.69) is 20.4 Å². The van der Waals surface area contributed by atoms with E-state index in [0.29, 0.717) is 11.3 Å². The topological polar surface area (TPSA) is 81.7 Å². The summed E-state index contributed by atoms with van der Waals surface area (Å²) >= 11 is 0. The number of hydrogen-bond donors (Lipinski definition) is 2. The number of aromatic nitrogens is 4. The van der Waals surface area contributed by atoms with E-state index in [1.54, 1.807) is 18.7 Å². The van der Waals surface area contributed by atoms with Gasteiger partial charge >= 0.3 is 6.18 Å². The van der Waals surface area contributed by atoms with Crippen molar-refractivity contribution in [2.75, 3.05) is 18.4 Å². The lowest BCUT2D eigenvalue weighted by Crippen LogP contribution is -2.17. The predicted octanol–water partition coefficient (Wildman–Crippen LogP) is 1.57. The maximum absolute atomic E-state index is 12.9. The second-order valence-electron chi connectivity index (χ2n) is 4.44. The third kappa shape index (κ3) is 3.30. The number of halogens is 3. The largest absolute Gasteiger partial charge is 0.433 e. The van der Waals surface area contributed by atoms with Crippen molar-refractivity contribution in [2.24, 2.45) is 12.8 Å². The molecule has 6 nitrogen and oxygen atoms in total. The van der Waals surface area contributed by atoms with Gasteiger partial charge in [0.1, 0.15) is 0 Å². The van der Waals surface area contributed by atoms with E-state index in [4.69, 9.17) is 5.73 Å². The van der Waals surface area contributed by atoms with Gasteiger partial charge in [0.2, 0.25) is 5.95 Å². The number of nitrogens with two attached hydrogens (primary N) is 1. The van der Waals surface area contributed by atoms with Crippen LogP contribution in [0.1, 0.15) is 11.4 Å². The summed E-state index contributed by atoms with van der Waals surface area (Å²) in [6.45, 7) is 2.30. The van der Waals surface area contributed by atoms with Crippen molar-refractivity contribution in [1.82, 2.24) is 19.7 Å². The molecule has 0 spiro atoms. The van der Waals surface area contributed by atoms with Crippen molar-refractivity contribution in [3.63, 3.8) is 0 Å². The fourth-order valence-corrected chi connectivity index (χ4v) is 1.74. The Kier molecular flexibility index (Phi) is 4.12. The molecule has 0 aliphatic heterocycles. The van der Waals surface area contributed by atoms with E-state index >= 15 is 0 Å². The van der Waals surface area contributed by atoms with Crippen LogP contribution in [0.4, 0.5) is 19.1 Å². The summed E-state index contributed by atoms with van der Waals surface area (Å²) in [4.78, 5) is 7.57. The summed E-state index contributed by atoms with van der Waals surface area (Å²) in [5.41, 5.74) is 5.73. The first kappa shape index (κ1) is 15.2. The Hall–Kier alpha value is -2.16. The van der Waals surface area contributed by atoms with Gasteiger partial charge in [-0.3, -0.25) is 4.68 Å². The van der Waals surface area contributed by atoms with E-state index in [1.165, 1.54) is 6.20 Å². The van der Waals surface area contributed by atoms with Gasteiger partial charge in [0.15, 0.2) is 5.69 Å². The minimum atomic E-state index is -4.55. The molecule has 2 aromatic heterocycles. The van der Waals surface area contributed by atoms with Crippen LogP contribution in [-0.2, 0) is 13.2 Å². The lowest BCUT2D eigenvalue weighted by atomic mass is 10.1. The van der Waals surface area contributed by atoms with Crippen LogP contribution in [0.5, 0.6) is 0 Å². The summed E-state index contributed by atoms with van der Waals surface area (Å²) in [5.74, 6) is -0.103. The predicted molar refractivity (Wildman–Crippen MR) is 71.5 cm³/mol. The highest BCUT2D eigenvalue weighted by Crippen LogP contribution is 2.31. The van der Waals surface area contributed by atoms with Gasteiger partial charge < -0.3 is 11.1 Å². The summed E-state index contributed by atoms with van der Waals surface area (Å²) < 4.78 is 40.4. The van der Waals surface area contributed by atoms with Crippen molar-refractivity contribution in [2.45, 2.75) is 13.1 Å². The molecule has 0 atom stereocenters. The number of nitrogens with one attached hydrogen (secondary N) is 1. The van der Waals surface area contributed by atoms with E-state index in [0.717, 1.165) is 6.07 Å². The molecular weight excluding hydrogens is 285 g/mol. The normalized spacial score (nSPS) is 11.7. The standard InChI is InChI=1S/C12H15F3N6/c1-7-8(6-18-21(7)2)9-5-10(12(13,14)15)20-11(19-9)17-4-3-16/h5-6H,3-4,16H2,1-2H3,(H,17,19,20). The molecule has 0 unspecified atom stereocenters. The van der Waals surface area contributed by atoms with E-state index < -0.39 is 11.9 Å². The summed E-state index contributed by atoms with van der Waals surface area (Å²) in [6, 6.07) is 0.914. The fourth-order valence-electron chi connectivity index (χ4n) is 1.74. The molecule has 0 saturated heterocycles. The van der Waals surface area contributed by atoms with Gasteiger partial charge in [-0.2, -0.15) is 18.3 Å². The number of nitrogens with zero attached hydrogens (tertiary/aromatic N) is 4. The molecule has 0 bridgehead atoms. The van der Waals surface area contributed by atoms with Crippen LogP contribution < -0.4 is 11.1 Å². The van der Waals surface area contributed by atoms with Gasteiger partial charge in [0, 0.05) is 31.4 Å². The molecule has 0 aliphatic carbocycles. The Labute approximate surface area is 119 Å². The van der Waals surface area contributed by atoms with Crippen LogP contribution in [0.2, 0.25) is 0 Å². The zero-order chi connectivity index (χ0) is 15.6. The van der Waals surface area contributed by atoms with Gasteiger partial charge in [0.05, 0.1) is 11.9 Å². The highest BCUT2D eigenvalue weighted by molar-refractivity contribution is 5.62. The van der Waals surface area contributed by atoms with Gasteiger partial charge in [-0.25, -0.2) is 9.97 Å². The molecule has 0 aromatic carbocycles. The molecule has 2 aromatic rings. The minimum absolute atomic E-state index is 0.103. The zero-order valence-electron chi connectivity index (χ0n) is 11.6. The number of alkyl halides is 3. The van der Waals surface area contributed by atoms with Crippen LogP contribution in [0, 0.1) is 6.92 Å². The second-order valence-corrected chi connectivity index (χ2v) is 4.44. The maximum atomic E-state index is 12.9. The molecule has 0 fully saturated rings. The van der Waals surface area contributed by atoms with Gasteiger partial charge in [-0.15, -0.1) is 0 Å². The first-order valence-electron chi connectivity index (χ1n) is 6.22. The van der Waals surface area contributed by atoms with E-state index in [1.807, 2.05) is 0 Å². The summed E-state index contributed by atoms with van der Waals surface area (Å²) in [6.07, 6.45) is -3.07. The quantitative estimate of drug-likeness (QED) is 0.896. The van der Waals surface area contributed by atoms with Crippen LogP contribution in [0.25, 0.3) is 11.3 Å². The van der Waals surface area contributed by atoms with Crippen molar-refractivity contribution in [1.29, 1.82) is 0 Å². The van der Waals surface area contributed by atoms with Crippen molar-refractivity contribution in [3.8, 4) is 11.3 Å². The van der Waals surface area contributed by atoms with Gasteiger partial charge in [0.25, 0.3) is 0 Å². The smallest absolute Gasteiger partial charge is 0.353 e.